The summed E-state index contributed by atoms with van der Waals surface area (Å²) < 4.78 is 28.6. The van der Waals surface area contributed by atoms with Crippen LogP contribution in [0.5, 0.6) is 5.75 Å². The number of hydrogen-bond donors (Lipinski definition) is 0. The third-order valence-electron chi connectivity index (χ3n) is 3.24. The molecule has 0 atom stereocenters. The minimum Gasteiger partial charge on any atom is -0.493 e. The van der Waals surface area contributed by atoms with Gasteiger partial charge in [0.25, 0.3) is 0 Å². The lowest BCUT2D eigenvalue weighted by Gasteiger charge is -2.21. The van der Waals surface area contributed by atoms with E-state index in [0.717, 1.165) is 0 Å². The van der Waals surface area contributed by atoms with E-state index in [1.807, 2.05) is 6.07 Å². The van der Waals surface area contributed by atoms with E-state index in [9.17, 15) is 9.18 Å². The van der Waals surface area contributed by atoms with Crippen molar-refractivity contribution in [2.24, 2.45) is 0 Å². The highest BCUT2D eigenvalue weighted by Gasteiger charge is 2.15. The summed E-state index contributed by atoms with van der Waals surface area (Å²) >= 11 is 0. The number of halogens is 1. The first-order chi connectivity index (χ1) is 11.2. The predicted molar refractivity (Wildman–Crippen MR) is 82.5 cm³/mol. The molecule has 6 heteroatoms. The Hall–Kier alpha value is -2.34. The number of ether oxygens (including phenoxy) is 2. The van der Waals surface area contributed by atoms with E-state index in [1.165, 1.54) is 24.3 Å². The molecule has 0 aliphatic carbocycles. The Morgan fingerprint density at radius 3 is 2.65 bits per heavy atom. The van der Waals surface area contributed by atoms with Gasteiger partial charge < -0.3 is 18.8 Å². The van der Waals surface area contributed by atoms with Crippen molar-refractivity contribution in [2.45, 2.75) is 13.0 Å². The molecule has 2 rings (SSSR count). The molecule has 0 aliphatic rings. The maximum atomic E-state index is 12.8. The molecule has 23 heavy (non-hydrogen) atoms. The van der Waals surface area contributed by atoms with E-state index in [0.29, 0.717) is 31.2 Å². The second-order valence-corrected chi connectivity index (χ2v) is 4.94. The van der Waals surface area contributed by atoms with Crippen molar-refractivity contribution in [1.82, 2.24) is 4.90 Å². The van der Waals surface area contributed by atoms with Gasteiger partial charge in [0.05, 0.1) is 32.4 Å². The molecule has 1 aromatic heterocycles. The summed E-state index contributed by atoms with van der Waals surface area (Å²) in [4.78, 5) is 14.0. The Labute approximate surface area is 134 Å². The van der Waals surface area contributed by atoms with Crippen LogP contribution in [0.25, 0.3) is 0 Å². The van der Waals surface area contributed by atoms with Crippen molar-refractivity contribution in [1.29, 1.82) is 0 Å². The lowest BCUT2D eigenvalue weighted by molar-refractivity contribution is -0.133. The zero-order valence-corrected chi connectivity index (χ0v) is 13.0. The second-order valence-electron chi connectivity index (χ2n) is 4.94. The smallest absolute Gasteiger partial charge is 0.226 e. The van der Waals surface area contributed by atoms with Crippen LogP contribution in [0.15, 0.2) is 47.1 Å². The van der Waals surface area contributed by atoms with Crippen LogP contribution >= 0.6 is 0 Å². The molecule has 0 saturated carbocycles. The molecule has 124 valence electrons. The third-order valence-corrected chi connectivity index (χ3v) is 3.24. The molecule has 0 bridgehead atoms. The zero-order valence-electron chi connectivity index (χ0n) is 13.0. The lowest BCUT2D eigenvalue weighted by Crippen LogP contribution is -2.34. The first-order valence-corrected chi connectivity index (χ1v) is 7.36. The molecule has 0 fully saturated rings. The van der Waals surface area contributed by atoms with Gasteiger partial charge in [-0.25, -0.2) is 4.39 Å². The number of amides is 1. The van der Waals surface area contributed by atoms with Crippen LogP contribution in [0.1, 0.15) is 12.2 Å². The molecular weight excluding hydrogens is 301 g/mol. The maximum Gasteiger partial charge on any atom is 0.226 e. The Morgan fingerprint density at radius 2 is 2.00 bits per heavy atom. The number of furan rings is 1. The number of methoxy groups -OCH3 is 1. The van der Waals surface area contributed by atoms with Crippen molar-refractivity contribution in [3.8, 4) is 5.75 Å². The molecule has 1 aromatic carbocycles. The summed E-state index contributed by atoms with van der Waals surface area (Å²) in [5.41, 5.74) is 0. The molecule has 0 aliphatic heterocycles. The van der Waals surface area contributed by atoms with Gasteiger partial charge in [-0.3, -0.25) is 4.79 Å². The topological polar surface area (TPSA) is 51.9 Å². The van der Waals surface area contributed by atoms with Crippen LogP contribution in [0.2, 0.25) is 0 Å². The van der Waals surface area contributed by atoms with Gasteiger partial charge in [-0.05, 0) is 36.4 Å². The van der Waals surface area contributed by atoms with Crippen molar-refractivity contribution < 1.29 is 23.1 Å². The standard InChI is InChI=1S/C17H20FNO4/c1-21-12-9-19(13-16-3-2-10-22-16)17(20)8-11-23-15-6-4-14(18)5-7-15/h2-7,10H,8-9,11-13H2,1H3. The van der Waals surface area contributed by atoms with E-state index in [4.69, 9.17) is 13.9 Å². The molecule has 1 heterocycles. The van der Waals surface area contributed by atoms with Crippen LogP contribution in [-0.4, -0.2) is 37.7 Å². The van der Waals surface area contributed by atoms with Gasteiger partial charge in [0.2, 0.25) is 5.91 Å². The Bertz CT molecular complexity index is 583. The number of hydrogen-bond acceptors (Lipinski definition) is 4. The van der Waals surface area contributed by atoms with Crippen molar-refractivity contribution in [3.05, 3.63) is 54.2 Å². The number of carbonyl (C=O) groups is 1. The summed E-state index contributed by atoms with van der Waals surface area (Å²) in [6.45, 7) is 1.55. The molecule has 1 amide bonds. The number of nitrogens with zero attached hydrogens (tertiary/aromatic N) is 1. The molecular formula is C17H20FNO4. The number of rotatable bonds is 9. The van der Waals surface area contributed by atoms with E-state index in [-0.39, 0.29) is 24.8 Å². The van der Waals surface area contributed by atoms with E-state index >= 15 is 0 Å². The maximum absolute atomic E-state index is 12.8. The average molecular weight is 321 g/mol. The van der Waals surface area contributed by atoms with Crippen LogP contribution < -0.4 is 4.74 Å². The Morgan fingerprint density at radius 1 is 1.22 bits per heavy atom. The zero-order chi connectivity index (χ0) is 16.5. The van der Waals surface area contributed by atoms with Crippen LogP contribution in [0.3, 0.4) is 0 Å². The Kier molecular flexibility index (Phi) is 6.62. The van der Waals surface area contributed by atoms with Crippen molar-refractivity contribution in [3.63, 3.8) is 0 Å². The normalized spacial score (nSPS) is 10.5. The fraction of sp³-hybridized carbons (Fsp3) is 0.353. The van der Waals surface area contributed by atoms with E-state index < -0.39 is 0 Å². The molecule has 0 spiro atoms. The van der Waals surface area contributed by atoms with Gasteiger partial charge in [0.15, 0.2) is 0 Å². The third kappa shape index (κ3) is 5.75. The van der Waals surface area contributed by atoms with Crippen LogP contribution in [0, 0.1) is 5.82 Å². The van der Waals surface area contributed by atoms with Gasteiger partial charge in [0, 0.05) is 13.7 Å². The highest BCUT2D eigenvalue weighted by atomic mass is 19.1. The van der Waals surface area contributed by atoms with E-state index in [2.05, 4.69) is 0 Å². The fourth-order valence-electron chi connectivity index (χ4n) is 2.03. The van der Waals surface area contributed by atoms with Gasteiger partial charge >= 0.3 is 0 Å². The number of benzene rings is 1. The first-order valence-electron chi connectivity index (χ1n) is 7.36. The second kappa shape index (κ2) is 8.95. The minimum atomic E-state index is -0.322. The highest BCUT2D eigenvalue weighted by Crippen LogP contribution is 2.12. The molecule has 5 nitrogen and oxygen atoms in total. The molecule has 2 aromatic rings. The first kappa shape index (κ1) is 17.0. The lowest BCUT2D eigenvalue weighted by atomic mass is 10.3. The van der Waals surface area contributed by atoms with Crippen molar-refractivity contribution >= 4 is 5.91 Å². The van der Waals surface area contributed by atoms with Crippen molar-refractivity contribution in [2.75, 3.05) is 26.9 Å². The highest BCUT2D eigenvalue weighted by molar-refractivity contribution is 5.76. The molecule has 0 saturated heterocycles. The summed E-state index contributed by atoms with van der Waals surface area (Å²) in [6.07, 6.45) is 1.80. The summed E-state index contributed by atoms with van der Waals surface area (Å²) in [7, 11) is 1.59. The molecule has 0 radical (unpaired) electrons. The summed E-state index contributed by atoms with van der Waals surface area (Å²) in [5, 5.41) is 0. The van der Waals surface area contributed by atoms with E-state index in [1.54, 1.807) is 24.3 Å². The van der Waals surface area contributed by atoms with Gasteiger partial charge in [-0.15, -0.1) is 0 Å². The molecule has 0 unspecified atom stereocenters. The summed E-state index contributed by atoms with van der Waals surface area (Å²) in [5.74, 6) is 0.876. The number of carbonyl (C=O) groups excluding carboxylic acids is 1. The fourth-order valence-corrected chi connectivity index (χ4v) is 2.03. The van der Waals surface area contributed by atoms with Gasteiger partial charge in [-0.2, -0.15) is 0 Å². The predicted octanol–water partition coefficient (Wildman–Crippen LogP) is 2.86. The quantitative estimate of drug-likeness (QED) is 0.712. The van der Waals surface area contributed by atoms with Crippen LogP contribution in [0.4, 0.5) is 4.39 Å². The van der Waals surface area contributed by atoms with Crippen LogP contribution in [-0.2, 0) is 16.1 Å². The summed E-state index contributed by atoms with van der Waals surface area (Å²) in [6, 6.07) is 9.31. The average Bonchev–Trinajstić information content (AvgIpc) is 3.06. The van der Waals surface area contributed by atoms with Gasteiger partial charge in [-0.1, -0.05) is 0 Å². The minimum absolute atomic E-state index is 0.0550. The Balaban J connectivity index is 1.82. The SMILES string of the molecule is COCCN(Cc1ccco1)C(=O)CCOc1ccc(F)cc1. The van der Waals surface area contributed by atoms with Gasteiger partial charge in [0.1, 0.15) is 17.3 Å². The monoisotopic (exact) mass is 321 g/mol. The molecule has 0 N–H and O–H groups in total. The largest absolute Gasteiger partial charge is 0.493 e.